The Morgan fingerprint density at radius 2 is 2.04 bits per heavy atom. The minimum Gasteiger partial charge on any atom is -0.463 e. The summed E-state index contributed by atoms with van der Waals surface area (Å²) in [7, 11) is 0. The number of H-pyrrole nitrogens is 1. The first kappa shape index (κ1) is 18.7. The summed E-state index contributed by atoms with van der Waals surface area (Å²) in [6.45, 7) is 6.06. The number of nitrogens with zero attached hydrogens (tertiary/aromatic N) is 4. The molecule has 0 spiro atoms. The molecule has 1 unspecified atom stereocenters. The van der Waals surface area contributed by atoms with Crippen LogP contribution in [0.2, 0.25) is 0 Å². The molecular weight excluding hydrogens is 358 g/mol. The average molecular weight is 385 g/mol. The number of rotatable bonds is 4. The monoisotopic (exact) mass is 385 g/mol. The molecule has 0 aliphatic carbocycles. The van der Waals surface area contributed by atoms with Gasteiger partial charge < -0.3 is 14.2 Å². The van der Waals surface area contributed by atoms with E-state index in [1.807, 2.05) is 11.0 Å². The van der Waals surface area contributed by atoms with Crippen molar-refractivity contribution in [2.75, 3.05) is 39.3 Å². The van der Waals surface area contributed by atoms with Gasteiger partial charge in [0.25, 0.3) is 5.91 Å². The highest BCUT2D eigenvalue weighted by molar-refractivity contribution is 5.93. The van der Waals surface area contributed by atoms with Crippen molar-refractivity contribution >= 4 is 11.8 Å². The highest BCUT2D eigenvalue weighted by Gasteiger charge is 2.28. The number of carbonyl (C=O) groups is 2. The lowest BCUT2D eigenvalue weighted by molar-refractivity contribution is -0.136. The van der Waals surface area contributed by atoms with Crippen LogP contribution in [0.1, 0.15) is 36.7 Å². The summed E-state index contributed by atoms with van der Waals surface area (Å²) in [5.74, 6) is 0.772. The van der Waals surface area contributed by atoms with Crippen LogP contribution in [-0.2, 0) is 4.79 Å². The summed E-state index contributed by atoms with van der Waals surface area (Å²) in [5.41, 5.74) is 1.08. The van der Waals surface area contributed by atoms with Gasteiger partial charge in [0.05, 0.1) is 12.8 Å². The van der Waals surface area contributed by atoms with E-state index < -0.39 is 0 Å². The third kappa shape index (κ3) is 3.96. The Balaban J connectivity index is 1.29. The quantitative estimate of drug-likeness (QED) is 0.868. The van der Waals surface area contributed by atoms with Gasteiger partial charge in [0, 0.05) is 44.8 Å². The Morgan fingerprint density at radius 1 is 1.21 bits per heavy atom. The van der Waals surface area contributed by atoms with Crippen LogP contribution in [-0.4, -0.2) is 82.0 Å². The van der Waals surface area contributed by atoms with Crippen LogP contribution in [0.5, 0.6) is 0 Å². The number of piperazine rings is 1. The maximum absolute atomic E-state index is 12.7. The van der Waals surface area contributed by atoms with Gasteiger partial charge in [-0.1, -0.05) is 0 Å². The lowest BCUT2D eigenvalue weighted by Crippen LogP contribution is -2.53. The van der Waals surface area contributed by atoms with E-state index >= 15 is 0 Å². The number of aromatic amines is 1. The first-order valence-corrected chi connectivity index (χ1v) is 10.0. The normalized spacial score (nSPS) is 21.1. The van der Waals surface area contributed by atoms with Gasteiger partial charge in [-0.05, 0) is 38.3 Å². The number of likely N-dealkylation sites (tertiary alicyclic amines) is 1. The van der Waals surface area contributed by atoms with Gasteiger partial charge in [0.2, 0.25) is 5.91 Å². The van der Waals surface area contributed by atoms with Crippen LogP contribution < -0.4 is 0 Å². The molecule has 1 N–H and O–H groups in total. The van der Waals surface area contributed by atoms with E-state index in [1.165, 1.54) is 6.42 Å². The molecule has 2 amide bonds. The summed E-state index contributed by atoms with van der Waals surface area (Å²) in [6, 6.07) is 5.67. The molecule has 2 aliphatic heterocycles. The number of amides is 2. The van der Waals surface area contributed by atoms with Gasteiger partial charge in [-0.25, -0.2) is 0 Å². The predicted octanol–water partition coefficient (Wildman–Crippen LogP) is 1.83. The molecule has 0 radical (unpaired) electrons. The maximum Gasteiger partial charge on any atom is 0.274 e. The Kier molecular flexibility index (Phi) is 5.47. The van der Waals surface area contributed by atoms with Gasteiger partial charge in [-0.15, -0.1) is 0 Å². The first-order valence-electron chi connectivity index (χ1n) is 10.0. The molecule has 8 heteroatoms. The number of nitrogens with one attached hydrogen (secondary N) is 1. The van der Waals surface area contributed by atoms with Crippen molar-refractivity contribution in [3.05, 3.63) is 30.2 Å². The van der Waals surface area contributed by atoms with Crippen molar-refractivity contribution in [3.8, 4) is 11.5 Å². The zero-order valence-corrected chi connectivity index (χ0v) is 16.3. The van der Waals surface area contributed by atoms with Gasteiger partial charge in [-0.2, -0.15) is 5.10 Å². The number of hydrogen-bond acceptors (Lipinski definition) is 5. The van der Waals surface area contributed by atoms with Crippen molar-refractivity contribution in [1.29, 1.82) is 0 Å². The van der Waals surface area contributed by atoms with Crippen LogP contribution in [0.4, 0.5) is 0 Å². The Labute approximate surface area is 164 Å². The lowest BCUT2D eigenvalue weighted by Gasteiger charge is -2.37. The van der Waals surface area contributed by atoms with Crippen LogP contribution in [0, 0.1) is 0 Å². The predicted molar refractivity (Wildman–Crippen MR) is 104 cm³/mol. The number of carbonyl (C=O) groups excluding carboxylic acids is 2. The highest BCUT2D eigenvalue weighted by Crippen LogP contribution is 2.19. The summed E-state index contributed by atoms with van der Waals surface area (Å²) < 4.78 is 5.33. The zero-order chi connectivity index (χ0) is 19.5. The number of hydrogen-bond donors (Lipinski definition) is 1. The number of piperidine rings is 1. The number of furan rings is 1. The largest absolute Gasteiger partial charge is 0.463 e. The zero-order valence-electron chi connectivity index (χ0n) is 16.3. The molecule has 2 aromatic rings. The standard InChI is InChI=1S/C20H27N5O3/c1-15-5-2-3-7-25(15)19(26)14-23-8-10-24(11-9-23)20(27)17-13-16(21-22-17)18-6-4-12-28-18/h4,6,12-13,15H,2-3,5,7-11,14H2,1H3,(H,21,22). The Morgan fingerprint density at radius 3 is 2.75 bits per heavy atom. The topological polar surface area (TPSA) is 85.7 Å². The van der Waals surface area contributed by atoms with Crippen LogP contribution in [0.25, 0.3) is 11.5 Å². The maximum atomic E-state index is 12.7. The van der Waals surface area contributed by atoms with Gasteiger partial charge in [-0.3, -0.25) is 19.6 Å². The van der Waals surface area contributed by atoms with Crippen LogP contribution >= 0.6 is 0 Å². The highest BCUT2D eigenvalue weighted by atomic mass is 16.3. The third-order valence-corrected chi connectivity index (χ3v) is 5.73. The van der Waals surface area contributed by atoms with E-state index in [0.717, 1.165) is 19.4 Å². The van der Waals surface area contributed by atoms with Crippen LogP contribution in [0.3, 0.4) is 0 Å². The summed E-state index contributed by atoms with van der Waals surface area (Å²) >= 11 is 0. The molecule has 8 nitrogen and oxygen atoms in total. The fourth-order valence-electron chi connectivity index (χ4n) is 4.01. The third-order valence-electron chi connectivity index (χ3n) is 5.73. The van der Waals surface area contributed by atoms with E-state index in [9.17, 15) is 9.59 Å². The molecule has 2 aliphatic rings. The molecule has 2 saturated heterocycles. The van der Waals surface area contributed by atoms with Crippen molar-refractivity contribution in [2.24, 2.45) is 0 Å². The summed E-state index contributed by atoms with van der Waals surface area (Å²) in [6.07, 6.45) is 4.99. The SMILES string of the molecule is CC1CCCCN1C(=O)CN1CCN(C(=O)c2cc(-c3ccco3)[nH]n2)CC1. The average Bonchev–Trinajstić information content (AvgIpc) is 3.40. The van der Waals surface area contributed by atoms with Gasteiger partial charge in [0.1, 0.15) is 5.69 Å². The second kappa shape index (κ2) is 8.18. The van der Waals surface area contributed by atoms with Crippen molar-refractivity contribution < 1.29 is 14.0 Å². The fourth-order valence-corrected chi connectivity index (χ4v) is 4.01. The van der Waals surface area contributed by atoms with E-state index in [0.29, 0.717) is 55.9 Å². The molecule has 28 heavy (non-hydrogen) atoms. The first-order chi connectivity index (χ1) is 13.6. The molecule has 4 heterocycles. The molecule has 2 aromatic heterocycles. The minimum atomic E-state index is -0.0929. The minimum absolute atomic E-state index is 0.0929. The van der Waals surface area contributed by atoms with Crippen molar-refractivity contribution in [3.63, 3.8) is 0 Å². The summed E-state index contributed by atoms with van der Waals surface area (Å²) in [5, 5.41) is 6.99. The van der Waals surface area contributed by atoms with Crippen LogP contribution in [0.15, 0.2) is 28.9 Å². The Hall–Kier alpha value is -2.61. The number of aromatic nitrogens is 2. The second-order valence-electron chi connectivity index (χ2n) is 7.64. The van der Waals surface area contributed by atoms with E-state index in [1.54, 1.807) is 23.3 Å². The second-order valence-corrected chi connectivity index (χ2v) is 7.64. The molecule has 0 aromatic carbocycles. The van der Waals surface area contributed by atoms with E-state index in [4.69, 9.17) is 4.42 Å². The molecular formula is C20H27N5O3. The molecule has 2 fully saturated rings. The van der Waals surface area contributed by atoms with Gasteiger partial charge in [0.15, 0.2) is 11.5 Å². The lowest BCUT2D eigenvalue weighted by atomic mass is 10.0. The molecule has 0 saturated carbocycles. The molecule has 0 bridgehead atoms. The van der Waals surface area contributed by atoms with Gasteiger partial charge >= 0.3 is 0 Å². The van der Waals surface area contributed by atoms with Crippen molar-refractivity contribution in [2.45, 2.75) is 32.2 Å². The van der Waals surface area contributed by atoms with Crippen molar-refractivity contribution in [1.82, 2.24) is 24.9 Å². The molecule has 1 atom stereocenters. The summed E-state index contributed by atoms with van der Waals surface area (Å²) in [4.78, 5) is 31.3. The van der Waals surface area contributed by atoms with E-state index in [2.05, 4.69) is 22.0 Å². The van der Waals surface area contributed by atoms with E-state index in [-0.39, 0.29) is 11.8 Å². The molecule has 4 rings (SSSR count). The fraction of sp³-hybridized carbons (Fsp3) is 0.550. The molecule has 150 valence electrons. The smallest absolute Gasteiger partial charge is 0.274 e. The Bertz CT molecular complexity index is 808.